The van der Waals surface area contributed by atoms with Gasteiger partial charge in [0, 0.05) is 30.9 Å². The maximum atomic E-state index is 13.2. The molecule has 0 radical (unpaired) electrons. The number of pyridine rings is 1. The fourth-order valence-corrected chi connectivity index (χ4v) is 4.61. The standard InChI is InChI=1S/C23H21F3N6O2/c1-34-19-9-18(28-10-17(19)13-2-4-14(5-3-13)23(24,25)26)22(33)32-12-15-8-16(32)11-31(15)21-7-6-20(27)29-30-21/h2-7,9-10,15-16H,8,11-12H2,1H3,(H2,27,29)/t15-,16-/m0/s1. The van der Waals surface area contributed by atoms with Crippen molar-refractivity contribution >= 4 is 17.5 Å². The molecule has 2 bridgehead atoms. The molecule has 34 heavy (non-hydrogen) atoms. The van der Waals surface area contributed by atoms with E-state index in [0.717, 1.165) is 24.4 Å². The molecule has 0 aliphatic carbocycles. The number of anilines is 2. The molecule has 2 saturated heterocycles. The van der Waals surface area contributed by atoms with Gasteiger partial charge in [-0.1, -0.05) is 12.1 Å². The van der Waals surface area contributed by atoms with Gasteiger partial charge < -0.3 is 20.3 Å². The van der Waals surface area contributed by atoms with E-state index in [1.807, 2.05) is 6.07 Å². The molecule has 0 unspecified atom stereocenters. The lowest BCUT2D eigenvalue weighted by Crippen LogP contribution is -2.49. The van der Waals surface area contributed by atoms with Crippen molar-refractivity contribution in [1.82, 2.24) is 20.1 Å². The number of hydrogen-bond donors (Lipinski definition) is 1. The quantitative estimate of drug-likeness (QED) is 0.625. The van der Waals surface area contributed by atoms with Gasteiger partial charge >= 0.3 is 6.18 Å². The van der Waals surface area contributed by atoms with Crippen LogP contribution in [0.1, 0.15) is 22.5 Å². The molecule has 3 aromatic rings. The van der Waals surface area contributed by atoms with E-state index in [0.29, 0.717) is 35.8 Å². The average molecular weight is 470 g/mol. The van der Waals surface area contributed by atoms with E-state index in [9.17, 15) is 18.0 Å². The molecular weight excluding hydrogens is 449 g/mol. The van der Waals surface area contributed by atoms with Crippen LogP contribution in [0, 0.1) is 0 Å². The summed E-state index contributed by atoms with van der Waals surface area (Å²) in [6.07, 6.45) is -2.14. The van der Waals surface area contributed by atoms with Crippen LogP contribution in [0.3, 0.4) is 0 Å². The van der Waals surface area contributed by atoms with Crippen LogP contribution < -0.4 is 15.4 Å². The fourth-order valence-electron chi connectivity index (χ4n) is 4.61. The number of fused-ring (bicyclic) bond motifs is 2. The predicted molar refractivity (Wildman–Crippen MR) is 118 cm³/mol. The van der Waals surface area contributed by atoms with Gasteiger partial charge in [-0.15, -0.1) is 10.2 Å². The van der Waals surface area contributed by atoms with Crippen molar-refractivity contribution in [2.24, 2.45) is 0 Å². The Bertz CT molecular complexity index is 1220. The van der Waals surface area contributed by atoms with Crippen LogP contribution >= 0.6 is 0 Å². The van der Waals surface area contributed by atoms with Crippen molar-refractivity contribution in [2.75, 3.05) is 30.8 Å². The first kappa shape index (κ1) is 21.9. The van der Waals surface area contributed by atoms with Gasteiger partial charge in [0.05, 0.1) is 24.8 Å². The molecule has 2 atom stereocenters. The van der Waals surface area contributed by atoms with Gasteiger partial charge in [-0.2, -0.15) is 13.2 Å². The van der Waals surface area contributed by atoms with Crippen molar-refractivity contribution in [1.29, 1.82) is 0 Å². The number of likely N-dealkylation sites (tertiary alicyclic amines) is 1. The summed E-state index contributed by atoms with van der Waals surface area (Å²) in [6.45, 7) is 1.16. The summed E-state index contributed by atoms with van der Waals surface area (Å²) in [4.78, 5) is 21.4. The molecule has 176 valence electrons. The number of nitrogen functional groups attached to an aromatic ring is 1. The topological polar surface area (TPSA) is 97.5 Å². The largest absolute Gasteiger partial charge is 0.496 e. The lowest BCUT2D eigenvalue weighted by Gasteiger charge is -2.34. The van der Waals surface area contributed by atoms with E-state index in [-0.39, 0.29) is 23.7 Å². The maximum Gasteiger partial charge on any atom is 0.416 e. The SMILES string of the molecule is COc1cc(C(=O)N2C[C@@H]3C[C@H]2CN3c2ccc(N)nn2)ncc1-c1ccc(C(F)(F)F)cc1. The third-order valence-corrected chi connectivity index (χ3v) is 6.30. The highest BCUT2D eigenvalue weighted by Crippen LogP contribution is 2.36. The molecule has 8 nitrogen and oxygen atoms in total. The lowest BCUT2D eigenvalue weighted by molar-refractivity contribution is -0.137. The van der Waals surface area contributed by atoms with Gasteiger partial charge in [0.1, 0.15) is 17.3 Å². The van der Waals surface area contributed by atoms with Gasteiger partial charge in [0.2, 0.25) is 0 Å². The van der Waals surface area contributed by atoms with Crippen LogP contribution in [0.15, 0.2) is 48.7 Å². The number of amides is 1. The summed E-state index contributed by atoms with van der Waals surface area (Å²) in [7, 11) is 1.44. The Morgan fingerprint density at radius 1 is 1.09 bits per heavy atom. The number of aromatic nitrogens is 3. The molecule has 2 aliphatic heterocycles. The summed E-state index contributed by atoms with van der Waals surface area (Å²) in [5, 5.41) is 8.05. The summed E-state index contributed by atoms with van der Waals surface area (Å²) in [5.41, 5.74) is 6.11. The minimum atomic E-state index is -4.41. The Morgan fingerprint density at radius 3 is 2.44 bits per heavy atom. The lowest BCUT2D eigenvalue weighted by atomic mass is 10.0. The van der Waals surface area contributed by atoms with Gasteiger partial charge in [0.15, 0.2) is 5.82 Å². The minimum absolute atomic E-state index is 0.0132. The zero-order valence-corrected chi connectivity index (χ0v) is 18.2. The average Bonchev–Trinajstić information content (AvgIpc) is 3.44. The number of methoxy groups -OCH3 is 1. The Morgan fingerprint density at radius 2 is 1.85 bits per heavy atom. The van der Waals surface area contributed by atoms with Crippen molar-refractivity contribution in [3.8, 4) is 16.9 Å². The van der Waals surface area contributed by atoms with Crippen LogP contribution in [0.5, 0.6) is 5.75 Å². The summed E-state index contributed by atoms with van der Waals surface area (Å²) in [5.74, 6) is 1.23. The van der Waals surface area contributed by atoms with Gasteiger partial charge in [-0.05, 0) is 36.2 Å². The van der Waals surface area contributed by atoms with E-state index in [4.69, 9.17) is 10.5 Å². The highest BCUT2D eigenvalue weighted by Gasteiger charge is 2.46. The smallest absolute Gasteiger partial charge is 0.416 e. The molecule has 2 aromatic heterocycles. The Hall–Kier alpha value is -3.89. The second-order valence-electron chi connectivity index (χ2n) is 8.31. The Balaban J connectivity index is 1.33. The number of nitrogens with two attached hydrogens (primary N) is 1. The van der Waals surface area contributed by atoms with Gasteiger partial charge in [-0.3, -0.25) is 9.78 Å². The molecule has 2 aliphatic rings. The van der Waals surface area contributed by atoms with Crippen LogP contribution in [-0.4, -0.2) is 58.3 Å². The number of piperazine rings is 1. The number of alkyl halides is 3. The first-order valence-corrected chi connectivity index (χ1v) is 10.6. The second-order valence-corrected chi connectivity index (χ2v) is 8.31. The fraction of sp³-hybridized carbons (Fsp3) is 0.304. The molecule has 2 N–H and O–H groups in total. The number of carbonyl (C=O) groups excluding carboxylic acids is 1. The molecule has 11 heteroatoms. The second kappa shape index (κ2) is 8.15. The van der Waals surface area contributed by atoms with Crippen molar-refractivity contribution in [3.05, 3.63) is 59.9 Å². The molecule has 1 aromatic carbocycles. The third-order valence-electron chi connectivity index (χ3n) is 6.30. The van der Waals surface area contributed by atoms with E-state index in [2.05, 4.69) is 20.1 Å². The van der Waals surface area contributed by atoms with Crippen LogP contribution in [0.25, 0.3) is 11.1 Å². The molecular formula is C23H21F3N6O2. The predicted octanol–water partition coefficient (Wildman–Crippen LogP) is 3.25. The Kier molecular flexibility index (Phi) is 5.26. The maximum absolute atomic E-state index is 13.2. The van der Waals surface area contributed by atoms with Crippen molar-refractivity contribution < 1.29 is 22.7 Å². The van der Waals surface area contributed by atoms with Crippen molar-refractivity contribution in [2.45, 2.75) is 24.7 Å². The van der Waals surface area contributed by atoms with Crippen LogP contribution in [0.2, 0.25) is 0 Å². The summed E-state index contributed by atoms with van der Waals surface area (Å²) in [6, 6.07) is 9.92. The molecule has 1 amide bonds. The number of benzene rings is 1. The van der Waals surface area contributed by atoms with E-state index in [1.54, 1.807) is 11.0 Å². The number of ether oxygens (including phenoxy) is 1. The number of halogens is 3. The highest BCUT2D eigenvalue weighted by molar-refractivity contribution is 5.94. The molecule has 4 heterocycles. The zero-order chi connectivity index (χ0) is 24.0. The molecule has 2 fully saturated rings. The normalized spacial score (nSPS) is 19.5. The Labute approximate surface area is 193 Å². The molecule has 0 saturated carbocycles. The molecule has 0 spiro atoms. The van der Waals surface area contributed by atoms with E-state index < -0.39 is 11.7 Å². The van der Waals surface area contributed by atoms with E-state index in [1.165, 1.54) is 31.5 Å². The number of hydrogen-bond acceptors (Lipinski definition) is 7. The summed E-state index contributed by atoms with van der Waals surface area (Å²) < 4.78 is 44.0. The van der Waals surface area contributed by atoms with Crippen molar-refractivity contribution in [3.63, 3.8) is 0 Å². The number of carbonyl (C=O) groups is 1. The van der Waals surface area contributed by atoms with Gasteiger partial charge in [0.25, 0.3) is 5.91 Å². The number of rotatable bonds is 4. The monoisotopic (exact) mass is 470 g/mol. The van der Waals surface area contributed by atoms with Gasteiger partial charge in [-0.25, -0.2) is 0 Å². The zero-order valence-electron chi connectivity index (χ0n) is 18.2. The first-order chi connectivity index (χ1) is 16.2. The first-order valence-electron chi connectivity index (χ1n) is 10.6. The van der Waals surface area contributed by atoms with E-state index >= 15 is 0 Å². The summed E-state index contributed by atoms with van der Waals surface area (Å²) >= 11 is 0. The highest BCUT2D eigenvalue weighted by atomic mass is 19.4. The van der Waals surface area contributed by atoms with Crippen LogP contribution in [-0.2, 0) is 6.18 Å². The van der Waals surface area contributed by atoms with Crippen LogP contribution in [0.4, 0.5) is 24.8 Å². The minimum Gasteiger partial charge on any atom is -0.496 e. The number of nitrogens with zero attached hydrogens (tertiary/aromatic N) is 5. The third kappa shape index (κ3) is 3.87. The molecule has 5 rings (SSSR count).